The first kappa shape index (κ1) is 17.4. The molecule has 0 aromatic heterocycles. The number of aliphatic hydroxyl groups is 1. The van der Waals surface area contributed by atoms with Gasteiger partial charge in [0.05, 0.1) is 5.76 Å². The van der Waals surface area contributed by atoms with E-state index in [-0.39, 0.29) is 5.41 Å². The third kappa shape index (κ3) is 2.64. The maximum absolute atomic E-state index is 11.0. The maximum Gasteiger partial charge on any atom is 0.303 e. The van der Waals surface area contributed by atoms with Crippen LogP contribution in [0, 0.1) is 40.4 Å². The van der Waals surface area contributed by atoms with Gasteiger partial charge >= 0.3 is 5.97 Å². The van der Waals surface area contributed by atoms with E-state index in [2.05, 4.69) is 19.9 Å². The number of hydrogen-bond acceptors (Lipinski definition) is 2. The Labute approximate surface area is 151 Å². The minimum atomic E-state index is -0.642. The smallest absolute Gasteiger partial charge is 0.303 e. The van der Waals surface area contributed by atoms with Crippen molar-refractivity contribution >= 4 is 5.97 Å². The Kier molecular flexibility index (Phi) is 4.20. The minimum absolute atomic E-state index is 0.186. The van der Waals surface area contributed by atoms with Crippen LogP contribution in [0.3, 0.4) is 0 Å². The van der Waals surface area contributed by atoms with Gasteiger partial charge in [-0.2, -0.15) is 0 Å². The highest BCUT2D eigenvalue weighted by Crippen LogP contribution is 2.67. The van der Waals surface area contributed by atoms with Crippen molar-refractivity contribution in [2.24, 2.45) is 40.4 Å². The van der Waals surface area contributed by atoms with E-state index < -0.39 is 5.97 Å². The van der Waals surface area contributed by atoms with Crippen LogP contribution in [-0.2, 0) is 4.79 Å². The van der Waals surface area contributed by atoms with Crippen LogP contribution in [0.5, 0.6) is 0 Å². The van der Waals surface area contributed by atoms with Crippen LogP contribution >= 0.6 is 0 Å². The van der Waals surface area contributed by atoms with Crippen LogP contribution in [0.4, 0.5) is 0 Å². The zero-order valence-corrected chi connectivity index (χ0v) is 15.8. The lowest BCUT2D eigenvalue weighted by Crippen LogP contribution is -2.52. The molecule has 3 saturated carbocycles. The highest BCUT2D eigenvalue weighted by molar-refractivity contribution is 5.66. The van der Waals surface area contributed by atoms with Gasteiger partial charge in [0, 0.05) is 12.8 Å². The molecule has 7 atom stereocenters. The summed E-state index contributed by atoms with van der Waals surface area (Å²) in [4.78, 5) is 11.0. The summed E-state index contributed by atoms with van der Waals surface area (Å²) >= 11 is 0. The molecular formula is C22H34O3. The number of aliphatic hydroxyl groups excluding tert-OH is 1. The van der Waals surface area contributed by atoms with Gasteiger partial charge in [-0.1, -0.05) is 13.8 Å². The quantitative estimate of drug-likeness (QED) is 0.703. The maximum atomic E-state index is 11.0. The van der Waals surface area contributed by atoms with Crippen LogP contribution in [-0.4, -0.2) is 16.2 Å². The van der Waals surface area contributed by atoms with Gasteiger partial charge in [0.15, 0.2) is 0 Å². The molecule has 0 aromatic carbocycles. The average Bonchev–Trinajstić information content (AvgIpc) is 2.88. The number of allylic oxidation sites excluding steroid dienone is 2. The molecule has 3 nitrogen and oxygen atoms in total. The summed E-state index contributed by atoms with van der Waals surface area (Å²) in [5, 5.41) is 19.3. The first-order valence-corrected chi connectivity index (χ1v) is 10.5. The largest absolute Gasteiger partial charge is 0.513 e. The highest BCUT2D eigenvalue weighted by atomic mass is 16.4. The highest BCUT2D eigenvalue weighted by Gasteiger charge is 2.59. The molecule has 25 heavy (non-hydrogen) atoms. The van der Waals surface area contributed by atoms with E-state index in [1.165, 1.54) is 38.5 Å². The van der Waals surface area contributed by atoms with Crippen molar-refractivity contribution in [2.45, 2.75) is 78.1 Å². The number of fused-ring (bicyclic) bond motifs is 5. The van der Waals surface area contributed by atoms with E-state index in [0.29, 0.717) is 29.4 Å². The fraction of sp³-hybridized carbons (Fsp3) is 0.864. The Morgan fingerprint density at radius 1 is 1.12 bits per heavy atom. The predicted octanol–water partition coefficient (Wildman–Crippen LogP) is 5.56. The second-order valence-corrected chi connectivity index (χ2v) is 9.94. The zero-order valence-electron chi connectivity index (χ0n) is 15.8. The summed E-state index contributed by atoms with van der Waals surface area (Å²) in [6.07, 6.45) is 13.1. The minimum Gasteiger partial charge on any atom is -0.513 e. The van der Waals surface area contributed by atoms with E-state index in [0.717, 1.165) is 37.0 Å². The number of aliphatic carboxylic acids is 1. The van der Waals surface area contributed by atoms with Crippen LogP contribution in [0.1, 0.15) is 78.1 Å². The lowest BCUT2D eigenvalue weighted by atomic mass is 9.46. The standard InChI is InChI=1S/C22H34O3/c1-21-12-11-19-17(18(21)9-5-14(21)6-10-20(24)25)8-4-15-3-7-16(23)13-22(15,19)2/h13-15,17-19,23H,3-12H2,1-2H3,(H,24,25)/t14-,15?,17+,18+,19+,21-,22+/m1/s1. The fourth-order valence-electron chi connectivity index (χ4n) is 7.78. The second-order valence-electron chi connectivity index (χ2n) is 9.94. The Morgan fingerprint density at radius 2 is 1.92 bits per heavy atom. The van der Waals surface area contributed by atoms with Gasteiger partial charge in [-0.05, 0) is 97.9 Å². The molecule has 2 N–H and O–H groups in total. The number of carbonyl (C=O) groups is 1. The summed E-state index contributed by atoms with van der Waals surface area (Å²) in [6, 6.07) is 0. The summed E-state index contributed by atoms with van der Waals surface area (Å²) < 4.78 is 0. The summed E-state index contributed by atoms with van der Waals surface area (Å²) in [5.41, 5.74) is 0.534. The first-order valence-electron chi connectivity index (χ1n) is 10.5. The summed E-state index contributed by atoms with van der Waals surface area (Å²) in [6.45, 7) is 4.89. The fourth-order valence-corrected chi connectivity index (χ4v) is 7.78. The number of hydrogen-bond donors (Lipinski definition) is 2. The van der Waals surface area contributed by atoms with Gasteiger partial charge in [-0.15, -0.1) is 0 Å². The van der Waals surface area contributed by atoms with E-state index >= 15 is 0 Å². The average molecular weight is 347 g/mol. The molecule has 3 heteroatoms. The zero-order chi connectivity index (χ0) is 17.8. The van der Waals surface area contributed by atoms with Crippen molar-refractivity contribution in [3.63, 3.8) is 0 Å². The molecule has 4 rings (SSSR count). The third-order valence-corrected chi connectivity index (χ3v) is 9.09. The molecule has 1 unspecified atom stereocenters. The molecule has 4 aliphatic rings. The van der Waals surface area contributed by atoms with Crippen LogP contribution < -0.4 is 0 Å². The topological polar surface area (TPSA) is 57.5 Å². The van der Waals surface area contributed by atoms with Crippen molar-refractivity contribution in [1.29, 1.82) is 0 Å². The van der Waals surface area contributed by atoms with Crippen LogP contribution in [0.2, 0.25) is 0 Å². The van der Waals surface area contributed by atoms with Crippen molar-refractivity contribution in [3.8, 4) is 0 Å². The van der Waals surface area contributed by atoms with Crippen molar-refractivity contribution in [2.75, 3.05) is 0 Å². The molecule has 3 fully saturated rings. The molecule has 0 spiro atoms. The molecule has 0 radical (unpaired) electrons. The lowest BCUT2D eigenvalue weighted by molar-refractivity contribution is -0.137. The van der Waals surface area contributed by atoms with Crippen molar-refractivity contribution in [3.05, 3.63) is 11.8 Å². The number of carboxylic acids is 1. The SMILES string of the molecule is C[C@]12CC[C@H]3[C@@H](CCC4CCC(O)=C[C@@]43C)[C@@H]1CC[C@@H]2CCC(=O)O. The molecule has 4 aliphatic carbocycles. The van der Waals surface area contributed by atoms with Gasteiger partial charge < -0.3 is 10.2 Å². The Balaban J connectivity index is 1.57. The Hall–Kier alpha value is -0.990. The van der Waals surface area contributed by atoms with Crippen LogP contribution in [0.15, 0.2) is 11.8 Å². The molecule has 0 aromatic rings. The van der Waals surface area contributed by atoms with Gasteiger partial charge in [0.25, 0.3) is 0 Å². The van der Waals surface area contributed by atoms with Gasteiger partial charge in [-0.3, -0.25) is 4.79 Å². The van der Waals surface area contributed by atoms with E-state index in [9.17, 15) is 9.90 Å². The molecular weight excluding hydrogens is 312 g/mol. The number of rotatable bonds is 3. The molecule has 0 saturated heterocycles. The van der Waals surface area contributed by atoms with Gasteiger partial charge in [-0.25, -0.2) is 0 Å². The summed E-state index contributed by atoms with van der Waals surface area (Å²) in [7, 11) is 0. The van der Waals surface area contributed by atoms with Crippen LogP contribution in [0.25, 0.3) is 0 Å². The first-order chi connectivity index (χ1) is 11.8. The molecule has 0 heterocycles. The number of carboxylic acid groups (broad SMARTS) is 1. The Bertz CT molecular complexity index is 582. The van der Waals surface area contributed by atoms with Crippen molar-refractivity contribution < 1.29 is 15.0 Å². The monoisotopic (exact) mass is 346 g/mol. The second kappa shape index (κ2) is 6.03. The molecule has 0 aliphatic heterocycles. The molecule has 0 amide bonds. The summed E-state index contributed by atoms with van der Waals surface area (Å²) in [5.74, 6) is 3.57. The van der Waals surface area contributed by atoms with E-state index in [1.54, 1.807) is 0 Å². The van der Waals surface area contributed by atoms with E-state index in [4.69, 9.17) is 5.11 Å². The molecule has 140 valence electrons. The lowest BCUT2D eigenvalue weighted by Gasteiger charge is -2.59. The predicted molar refractivity (Wildman–Crippen MR) is 98.2 cm³/mol. The third-order valence-electron chi connectivity index (χ3n) is 9.09. The normalized spacial score (nSPS) is 48.9. The molecule has 0 bridgehead atoms. The van der Waals surface area contributed by atoms with E-state index in [1.807, 2.05) is 0 Å². The van der Waals surface area contributed by atoms with Crippen molar-refractivity contribution in [1.82, 2.24) is 0 Å². The Morgan fingerprint density at radius 3 is 2.68 bits per heavy atom. The van der Waals surface area contributed by atoms with Gasteiger partial charge in [0.1, 0.15) is 0 Å². The van der Waals surface area contributed by atoms with Gasteiger partial charge in [0.2, 0.25) is 0 Å².